The van der Waals surface area contributed by atoms with Crippen LogP contribution in [0.3, 0.4) is 0 Å². The van der Waals surface area contributed by atoms with E-state index in [1.54, 1.807) is 24.3 Å². The number of anilines is 1. The van der Waals surface area contributed by atoms with Crippen molar-refractivity contribution in [3.05, 3.63) is 24.3 Å². The Hall–Kier alpha value is -2.12. The molecule has 0 fully saturated rings. The number of hydrogen-bond acceptors (Lipinski definition) is 5. The molecule has 0 saturated heterocycles. The summed E-state index contributed by atoms with van der Waals surface area (Å²) in [5.74, 6) is -0.897. The topological polar surface area (TPSA) is 90.9 Å². The Labute approximate surface area is 130 Å². The fourth-order valence-corrected chi connectivity index (χ4v) is 1.84. The van der Waals surface area contributed by atoms with E-state index in [4.69, 9.17) is 4.74 Å². The number of nitrogens with one attached hydrogen (secondary N) is 2. The van der Waals surface area contributed by atoms with E-state index < -0.39 is 12.0 Å². The molecule has 0 aliphatic rings. The number of methoxy groups -OCH3 is 1. The number of ether oxygens (including phenoxy) is 1. The van der Waals surface area contributed by atoms with Crippen LogP contribution in [0.2, 0.25) is 0 Å². The molecule has 22 heavy (non-hydrogen) atoms. The molecule has 0 aromatic heterocycles. The predicted molar refractivity (Wildman–Crippen MR) is 84.2 cm³/mol. The Morgan fingerprint density at radius 1 is 1.32 bits per heavy atom. The number of rotatable bonds is 9. The Morgan fingerprint density at radius 2 is 2.00 bits per heavy atom. The molecule has 0 bridgehead atoms. The number of aliphatic carboxylic acids is 1. The first-order valence-electron chi connectivity index (χ1n) is 6.97. The molecule has 7 nitrogen and oxygen atoms in total. The highest BCUT2D eigenvalue weighted by Crippen LogP contribution is 2.23. The minimum atomic E-state index is -1.05. The van der Waals surface area contributed by atoms with Gasteiger partial charge in [0.1, 0.15) is 11.8 Å². The van der Waals surface area contributed by atoms with Gasteiger partial charge in [0.25, 0.3) is 0 Å². The number of benzene rings is 1. The van der Waals surface area contributed by atoms with Gasteiger partial charge in [0, 0.05) is 13.1 Å². The Kier molecular flexibility index (Phi) is 7.34. The van der Waals surface area contributed by atoms with Gasteiger partial charge in [0.2, 0.25) is 5.91 Å². The molecule has 122 valence electrons. The third-order valence-electron chi connectivity index (χ3n) is 3.02. The van der Waals surface area contributed by atoms with Crippen LogP contribution in [0.15, 0.2) is 24.3 Å². The van der Waals surface area contributed by atoms with Crippen LogP contribution in [0.25, 0.3) is 0 Å². The lowest BCUT2D eigenvalue weighted by atomic mass is 10.2. The third-order valence-corrected chi connectivity index (χ3v) is 3.02. The summed E-state index contributed by atoms with van der Waals surface area (Å²) in [6.45, 7) is 1.18. The van der Waals surface area contributed by atoms with Gasteiger partial charge in [-0.1, -0.05) is 12.1 Å². The summed E-state index contributed by atoms with van der Waals surface area (Å²) in [5.41, 5.74) is 0.521. The summed E-state index contributed by atoms with van der Waals surface area (Å²) in [6, 6.07) is 6.06. The minimum Gasteiger partial charge on any atom is -0.495 e. The maximum absolute atomic E-state index is 12.0. The second-order valence-corrected chi connectivity index (χ2v) is 5.10. The van der Waals surface area contributed by atoms with E-state index in [0.717, 1.165) is 0 Å². The second kappa shape index (κ2) is 9.01. The van der Waals surface area contributed by atoms with Gasteiger partial charge in [0.15, 0.2) is 0 Å². The molecule has 0 unspecified atom stereocenters. The first-order valence-corrected chi connectivity index (χ1v) is 6.97. The van der Waals surface area contributed by atoms with E-state index in [9.17, 15) is 14.7 Å². The van der Waals surface area contributed by atoms with Crippen molar-refractivity contribution in [3.8, 4) is 5.75 Å². The van der Waals surface area contributed by atoms with Gasteiger partial charge in [0.05, 0.1) is 19.2 Å². The number of hydrogen-bond donors (Lipinski definition) is 3. The van der Waals surface area contributed by atoms with Crippen molar-refractivity contribution >= 4 is 17.6 Å². The first kappa shape index (κ1) is 17.9. The van der Waals surface area contributed by atoms with Crippen molar-refractivity contribution in [2.45, 2.75) is 12.5 Å². The highest BCUT2D eigenvalue weighted by atomic mass is 16.5. The summed E-state index contributed by atoms with van der Waals surface area (Å²) in [7, 11) is 5.30. The van der Waals surface area contributed by atoms with Crippen LogP contribution in [0.4, 0.5) is 5.69 Å². The van der Waals surface area contributed by atoms with Crippen LogP contribution < -0.4 is 15.4 Å². The van der Waals surface area contributed by atoms with Crippen molar-refractivity contribution in [1.82, 2.24) is 10.2 Å². The summed E-state index contributed by atoms with van der Waals surface area (Å²) in [6.07, 6.45) is -0.152. The van der Waals surface area contributed by atoms with E-state index >= 15 is 0 Å². The Morgan fingerprint density at radius 3 is 2.59 bits per heavy atom. The SMILES string of the molecule is COc1ccccc1NC(=O)C[C@@H](NCCN(C)C)C(=O)O. The number of carboxylic acids is 1. The van der Waals surface area contributed by atoms with Crippen molar-refractivity contribution in [2.75, 3.05) is 39.6 Å². The van der Waals surface area contributed by atoms with Gasteiger partial charge in [-0.05, 0) is 26.2 Å². The van der Waals surface area contributed by atoms with Crippen LogP contribution in [0.1, 0.15) is 6.42 Å². The third kappa shape index (κ3) is 6.11. The Bertz CT molecular complexity index is 505. The highest BCUT2D eigenvalue weighted by Gasteiger charge is 2.21. The van der Waals surface area contributed by atoms with Crippen LogP contribution in [0, 0.1) is 0 Å². The van der Waals surface area contributed by atoms with Gasteiger partial charge >= 0.3 is 5.97 Å². The molecule has 0 spiro atoms. The Balaban J connectivity index is 2.58. The fraction of sp³-hybridized carbons (Fsp3) is 0.467. The van der Waals surface area contributed by atoms with Gasteiger partial charge in [-0.3, -0.25) is 9.59 Å². The van der Waals surface area contributed by atoms with Crippen molar-refractivity contribution in [2.24, 2.45) is 0 Å². The molecule has 0 saturated carbocycles. The molecule has 1 aromatic rings. The van der Waals surface area contributed by atoms with Gasteiger partial charge in [-0.15, -0.1) is 0 Å². The van der Waals surface area contributed by atoms with Gasteiger partial charge < -0.3 is 25.4 Å². The zero-order valence-electron chi connectivity index (χ0n) is 13.1. The van der Waals surface area contributed by atoms with E-state index in [1.807, 2.05) is 19.0 Å². The van der Waals surface area contributed by atoms with Crippen LogP contribution in [0.5, 0.6) is 5.75 Å². The molecule has 1 aromatic carbocycles. The standard InChI is InChI=1S/C15H23N3O4/c1-18(2)9-8-16-12(15(20)21)10-14(19)17-11-6-4-5-7-13(11)22-3/h4-7,12,16H,8-10H2,1-3H3,(H,17,19)(H,20,21)/t12-/m1/s1. The molecule has 0 aliphatic carbocycles. The molecular weight excluding hydrogens is 286 g/mol. The van der Waals surface area contributed by atoms with Crippen molar-refractivity contribution < 1.29 is 19.4 Å². The maximum atomic E-state index is 12.0. The highest BCUT2D eigenvalue weighted by molar-refractivity contribution is 5.95. The molecule has 7 heteroatoms. The monoisotopic (exact) mass is 309 g/mol. The van der Waals surface area contributed by atoms with Crippen LogP contribution in [-0.2, 0) is 9.59 Å². The average molecular weight is 309 g/mol. The maximum Gasteiger partial charge on any atom is 0.321 e. The number of para-hydroxylation sites is 2. The molecule has 0 radical (unpaired) electrons. The summed E-state index contributed by atoms with van der Waals surface area (Å²) in [5, 5.41) is 14.7. The zero-order valence-corrected chi connectivity index (χ0v) is 13.1. The van der Waals surface area contributed by atoms with E-state index in [-0.39, 0.29) is 12.3 Å². The smallest absolute Gasteiger partial charge is 0.321 e. The molecule has 0 heterocycles. The molecule has 3 N–H and O–H groups in total. The number of carbonyl (C=O) groups is 2. The first-order chi connectivity index (χ1) is 10.4. The van der Waals surface area contributed by atoms with Crippen molar-refractivity contribution in [3.63, 3.8) is 0 Å². The van der Waals surface area contributed by atoms with Crippen LogP contribution >= 0.6 is 0 Å². The second-order valence-electron chi connectivity index (χ2n) is 5.10. The van der Waals surface area contributed by atoms with E-state index in [2.05, 4.69) is 10.6 Å². The predicted octanol–water partition coefficient (Wildman–Crippen LogP) is 0.628. The van der Waals surface area contributed by atoms with Gasteiger partial charge in [-0.25, -0.2) is 0 Å². The quantitative estimate of drug-likeness (QED) is 0.620. The van der Waals surface area contributed by atoms with Crippen LogP contribution in [-0.4, -0.2) is 62.2 Å². The largest absolute Gasteiger partial charge is 0.495 e. The lowest BCUT2D eigenvalue weighted by molar-refractivity contribution is -0.141. The van der Waals surface area contributed by atoms with Gasteiger partial charge in [-0.2, -0.15) is 0 Å². The summed E-state index contributed by atoms with van der Waals surface area (Å²) < 4.78 is 5.14. The molecule has 1 atom stereocenters. The number of likely N-dealkylation sites (N-methyl/N-ethyl adjacent to an activating group) is 1. The lowest BCUT2D eigenvalue weighted by Crippen LogP contribution is -2.42. The average Bonchev–Trinajstić information content (AvgIpc) is 2.46. The fourth-order valence-electron chi connectivity index (χ4n) is 1.84. The zero-order chi connectivity index (χ0) is 16.5. The number of carbonyl (C=O) groups excluding carboxylic acids is 1. The van der Waals surface area contributed by atoms with E-state index in [1.165, 1.54) is 7.11 Å². The molecule has 0 aliphatic heterocycles. The lowest BCUT2D eigenvalue weighted by Gasteiger charge is -2.17. The van der Waals surface area contributed by atoms with Crippen molar-refractivity contribution in [1.29, 1.82) is 0 Å². The normalized spacial score (nSPS) is 12.0. The number of nitrogens with zero attached hydrogens (tertiary/aromatic N) is 1. The number of carboxylic acid groups (broad SMARTS) is 1. The molecular formula is C15H23N3O4. The van der Waals surface area contributed by atoms with E-state index in [0.29, 0.717) is 24.5 Å². The summed E-state index contributed by atoms with van der Waals surface area (Å²) >= 11 is 0. The minimum absolute atomic E-state index is 0.152. The molecule has 1 amide bonds. The summed E-state index contributed by atoms with van der Waals surface area (Å²) in [4.78, 5) is 25.1. The number of amides is 1. The molecule has 1 rings (SSSR count).